The van der Waals surface area contributed by atoms with E-state index in [4.69, 9.17) is 9.84 Å². The first-order chi connectivity index (χ1) is 10.1. The molecule has 0 radical (unpaired) electrons. The minimum Gasteiger partial charge on any atom is -0.481 e. The van der Waals surface area contributed by atoms with E-state index in [1.165, 1.54) is 12.8 Å². The zero-order valence-electron chi connectivity index (χ0n) is 12.2. The number of aliphatic carboxylic acids is 1. The first-order valence-electron chi connectivity index (χ1n) is 8.05. The molecule has 0 bridgehead atoms. The molecule has 2 aliphatic carbocycles. The zero-order chi connectivity index (χ0) is 14.8. The van der Waals surface area contributed by atoms with Gasteiger partial charge in [0.1, 0.15) is 0 Å². The first kappa shape index (κ1) is 14.6. The van der Waals surface area contributed by atoms with E-state index in [2.05, 4.69) is 10.6 Å². The molecule has 1 saturated heterocycles. The SMILES string of the molecule is O=C(NC1CCCC(C(=O)O)C1)NC1CCOC1C1CC1. The molecule has 6 heteroatoms. The van der Waals surface area contributed by atoms with Crippen molar-refractivity contribution in [3.05, 3.63) is 0 Å². The number of ether oxygens (including phenoxy) is 1. The Morgan fingerprint density at radius 1 is 1.05 bits per heavy atom. The average molecular weight is 296 g/mol. The lowest BCUT2D eigenvalue weighted by Crippen LogP contribution is -2.50. The molecule has 0 aromatic rings. The van der Waals surface area contributed by atoms with Gasteiger partial charge in [-0.25, -0.2) is 4.79 Å². The van der Waals surface area contributed by atoms with Gasteiger partial charge in [-0.2, -0.15) is 0 Å². The third-order valence-electron chi connectivity index (χ3n) is 4.90. The number of carboxylic acids is 1. The molecule has 0 aromatic carbocycles. The highest BCUT2D eigenvalue weighted by Crippen LogP contribution is 2.38. The van der Waals surface area contributed by atoms with Crippen LogP contribution in [0.2, 0.25) is 0 Å². The van der Waals surface area contributed by atoms with E-state index in [1.54, 1.807) is 0 Å². The van der Waals surface area contributed by atoms with Gasteiger partial charge < -0.3 is 20.5 Å². The summed E-state index contributed by atoms with van der Waals surface area (Å²) in [5.41, 5.74) is 0. The molecular formula is C15H24N2O4. The minimum absolute atomic E-state index is 0.0263. The smallest absolute Gasteiger partial charge is 0.315 e. The number of rotatable bonds is 4. The van der Waals surface area contributed by atoms with Crippen LogP contribution in [0.1, 0.15) is 44.9 Å². The highest BCUT2D eigenvalue weighted by atomic mass is 16.5. The molecule has 2 saturated carbocycles. The van der Waals surface area contributed by atoms with Crippen molar-refractivity contribution in [1.29, 1.82) is 0 Å². The summed E-state index contributed by atoms with van der Waals surface area (Å²) in [5.74, 6) is -0.457. The molecular weight excluding hydrogens is 272 g/mol. The number of hydrogen-bond donors (Lipinski definition) is 3. The lowest BCUT2D eigenvalue weighted by Gasteiger charge is -2.28. The van der Waals surface area contributed by atoms with Crippen LogP contribution in [0.15, 0.2) is 0 Å². The number of amides is 2. The van der Waals surface area contributed by atoms with E-state index >= 15 is 0 Å². The molecule has 118 valence electrons. The van der Waals surface area contributed by atoms with Crippen LogP contribution in [0.5, 0.6) is 0 Å². The van der Waals surface area contributed by atoms with Gasteiger partial charge in [-0.05, 0) is 44.4 Å². The van der Waals surface area contributed by atoms with E-state index in [0.29, 0.717) is 12.3 Å². The predicted molar refractivity (Wildman–Crippen MR) is 75.9 cm³/mol. The summed E-state index contributed by atoms with van der Waals surface area (Å²) in [7, 11) is 0. The standard InChI is InChI=1S/C15H24N2O4/c18-14(19)10-2-1-3-11(8-10)16-15(20)17-12-6-7-21-13(12)9-4-5-9/h9-13H,1-8H2,(H,18,19)(H2,16,17,20). The van der Waals surface area contributed by atoms with Crippen molar-refractivity contribution >= 4 is 12.0 Å². The molecule has 3 N–H and O–H groups in total. The third-order valence-corrected chi connectivity index (χ3v) is 4.90. The summed E-state index contributed by atoms with van der Waals surface area (Å²) in [6, 6.07) is -0.0925. The predicted octanol–water partition coefficient (Wildman–Crippen LogP) is 1.50. The zero-order valence-corrected chi connectivity index (χ0v) is 12.2. The summed E-state index contributed by atoms with van der Waals surface area (Å²) in [6.45, 7) is 0.719. The van der Waals surface area contributed by atoms with Crippen LogP contribution in [-0.4, -0.2) is 41.9 Å². The Kier molecular flexibility index (Phi) is 4.33. The van der Waals surface area contributed by atoms with Crippen molar-refractivity contribution in [2.75, 3.05) is 6.61 Å². The molecule has 3 aliphatic rings. The van der Waals surface area contributed by atoms with Crippen molar-refractivity contribution < 1.29 is 19.4 Å². The van der Waals surface area contributed by atoms with Crippen molar-refractivity contribution in [1.82, 2.24) is 10.6 Å². The Balaban J connectivity index is 1.46. The second-order valence-corrected chi connectivity index (χ2v) is 6.58. The number of nitrogens with one attached hydrogen (secondary N) is 2. The molecule has 0 aromatic heterocycles. The minimum atomic E-state index is -0.750. The van der Waals surface area contributed by atoms with Gasteiger partial charge in [0.05, 0.1) is 18.1 Å². The molecule has 3 fully saturated rings. The van der Waals surface area contributed by atoms with Crippen LogP contribution in [-0.2, 0) is 9.53 Å². The van der Waals surface area contributed by atoms with Gasteiger partial charge in [-0.1, -0.05) is 6.42 Å². The maximum atomic E-state index is 12.1. The second kappa shape index (κ2) is 6.22. The summed E-state index contributed by atoms with van der Waals surface area (Å²) < 4.78 is 5.71. The van der Waals surface area contributed by atoms with E-state index in [9.17, 15) is 9.59 Å². The quantitative estimate of drug-likeness (QED) is 0.733. The Morgan fingerprint density at radius 3 is 2.57 bits per heavy atom. The lowest BCUT2D eigenvalue weighted by atomic mass is 9.86. The number of carboxylic acid groups (broad SMARTS) is 1. The number of urea groups is 1. The van der Waals surface area contributed by atoms with Gasteiger partial charge in [-0.15, -0.1) is 0 Å². The molecule has 2 amide bonds. The van der Waals surface area contributed by atoms with Crippen LogP contribution in [0, 0.1) is 11.8 Å². The maximum absolute atomic E-state index is 12.1. The van der Waals surface area contributed by atoms with Crippen LogP contribution < -0.4 is 10.6 Å². The highest BCUT2D eigenvalue weighted by molar-refractivity contribution is 5.75. The van der Waals surface area contributed by atoms with E-state index in [0.717, 1.165) is 32.3 Å². The van der Waals surface area contributed by atoms with Gasteiger partial charge in [0.15, 0.2) is 0 Å². The molecule has 0 spiro atoms. The molecule has 1 aliphatic heterocycles. The Hall–Kier alpha value is -1.30. The maximum Gasteiger partial charge on any atom is 0.315 e. The summed E-state index contributed by atoms with van der Waals surface area (Å²) in [6.07, 6.45) is 6.43. The summed E-state index contributed by atoms with van der Waals surface area (Å²) in [4.78, 5) is 23.2. The van der Waals surface area contributed by atoms with Gasteiger partial charge in [0.25, 0.3) is 0 Å². The van der Waals surface area contributed by atoms with Gasteiger partial charge in [-0.3, -0.25) is 4.79 Å². The fourth-order valence-corrected chi connectivity index (χ4v) is 3.60. The summed E-state index contributed by atoms with van der Waals surface area (Å²) >= 11 is 0. The molecule has 6 nitrogen and oxygen atoms in total. The van der Waals surface area contributed by atoms with Gasteiger partial charge in [0.2, 0.25) is 0 Å². The van der Waals surface area contributed by atoms with Crippen molar-refractivity contribution in [3.63, 3.8) is 0 Å². The Morgan fingerprint density at radius 2 is 1.86 bits per heavy atom. The van der Waals surface area contributed by atoms with Crippen molar-refractivity contribution in [2.45, 2.75) is 63.1 Å². The summed E-state index contributed by atoms with van der Waals surface area (Å²) in [5, 5.41) is 15.0. The fraction of sp³-hybridized carbons (Fsp3) is 0.867. The monoisotopic (exact) mass is 296 g/mol. The number of carbonyl (C=O) groups excluding carboxylic acids is 1. The number of carbonyl (C=O) groups is 2. The van der Waals surface area contributed by atoms with Crippen molar-refractivity contribution in [3.8, 4) is 0 Å². The van der Waals surface area contributed by atoms with Crippen molar-refractivity contribution in [2.24, 2.45) is 11.8 Å². The van der Waals surface area contributed by atoms with E-state index in [-0.39, 0.29) is 30.1 Å². The largest absolute Gasteiger partial charge is 0.481 e. The average Bonchev–Trinajstić information content (AvgIpc) is 3.19. The topological polar surface area (TPSA) is 87.7 Å². The number of hydrogen-bond acceptors (Lipinski definition) is 3. The van der Waals surface area contributed by atoms with E-state index in [1.807, 2.05) is 0 Å². The fourth-order valence-electron chi connectivity index (χ4n) is 3.60. The van der Waals surface area contributed by atoms with Crippen LogP contribution in [0.4, 0.5) is 4.79 Å². The molecule has 4 unspecified atom stereocenters. The normalized spacial score (nSPS) is 36.2. The van der Waals surface area contributed by atoms with Gasteiger partial charge >= 0.3 is 12.0 Å². The van der Waals surface area contributed by atoms with Gasteiger partial charge in [0, 0.05) is 12.6 Å². The Bertz CT molecular complexity index is 410. The Labute approximate surface area is 124 Å². The highest BCUT2D eigenvalue weighted by Gasteiger charge is 2.41. The van der Waals surface area contributed by atoms with Crippen LogP contribution >= 0.6 is 0 Å². The van der Waals surface area contributed by atoms with Crippen LogP contribution in [0.3, 0.4) is 0 Å². The third kappa shape index (κ3) is 3.67. The molecule has 4 atom stereocenters. The lowest BCUT2D eigenvalue weighted by molar-refractivity contribution is -0.143. The molecule has 21 heavy (non-hydrogen) atoms. The van der Waals surface area contributed by atoms with Crippen LogP contribution in [0.25, 0.3) is 0 Å². The molecule has 3 rings (SSSR count). The van der Waals surface area contributed by atoms with E-state index < -0.39 is 5.97 Å². The second-order valence-electron chi connectivity index (χ2n) is 6.58. The first-order valence-corrected chi connectivity index (χ1v) is 8.05. The molecule has 1 heterocycles.